The maximum Gasteiger partial charge on any atom is 0.348 e. The van der Waals surface area contributed by atoms with Crippen LogP contribution < -0.4 is 4.90 Å². The second kappa shape index (κ2) is 10.8. The van der Waals surface area contributed by atoms with Crippen molar-refractivity contribution >= 4 is 40.7 Å². The minimum Gasteiger partial charge on any atom is -0.477 e. The van der Waals surface area contributed by atoms with Crippen molar-refractivity contribution in [2.75, 3.05) is 4.90 Å². The van der Waals surface area contributed by atoms with Crippen LogP contribution in [-0.2, 0) is 10.2 Å². The van der Waals surface area contributed by atoms with Gasteiger partial charge in [0.25, 0.3) is 0 Å². The molecule has 3 saturated carbocycles. The third-order valence-corrected chi connectivity index (χ3v) is 11.2. The first-order valence-electron chi connectivity index (χ1n) is 14.0. The monoisotopic (exact) mass is 543 g/mol. The van der Waals surface area contributed by atoms with Crippen LogP contribution in [0.25, 0.3) is 0 Å². The van der Waals surface area contributed by atoms with Crippen LogP contribution in [0.15, 0.2) is 23.6 Å². The van der Waals surface area contributed by atoms with Crippen LogP contribution in [0.2, 0.25) is 0 Å². The number of carboxylic acids is 1. The summed E-state index contributed by atoms with van der Waals surface area (Å²) in [5.74, 6) is -0.125. The predicted octanol–water partition coefficient (Wildman–Crippen LogP) is 7.54. The van der Waals surface area contributed by atoms with Crippen LogP contribution >= 0.6 is 23.1 Å². The highest BCUT2D eigenvalue weighted by molar-refractivity contribution is 7.99. The molecule has 1 amide bonds. The molecule has 5 rings (SSSR count). The van der Waals surface area contributed by atoms with E-state index in [-0.39, 0.29) is 23.3 Å². The van der Waals surface area contributed by atoms with E-state index in [0.29, 0.717) is 27.8 Å². The van der Waals surface area contributed by atoms with E-state index in [1.807, 2.05) is 28.9 Å². The van der Waals surface area contributed by atoms with Crippen LogP contribution in [0.3, 0.4) is 0 Å². The number of thiophene rings is 1. The van der Waals surface area contributed by atoms with Gasteiger partial charge >= 0.3 is 5.97 Å². The van der Waals surface area contributed by atoms with Gasteiger partial charge in [0.1, 0.15) is 4.88 Å². The summed E-state index contributed by atoms with van der Waals surface area (Å²) in [7, 11) is 0. The molecule has 2 aromatic rings. The number of carboxylic acid groups (broad SMARTS) is 1. The molecule has 0 atom stereocenters. The number of hydrogen-bond acceptors (Lipinski definition) is 5. The molecule has 8 heteroatoms. The number of anilines is 1. The first-order chi connectivity index (χ1) is 17.6. The number of carbonyl (C=O) groups excluding carboxylic acids is 1. The minimum atomic E-state index is -0.929. The van der Waals surface area contributed by atoms with Gasteiger partial charge in [-0.25, -0.2) is 9.78 Å². The molecular weight excluding hydrogens is 502 g/mol. The maximum absolute atomic E-state index is 14.1. The molecule has 0 saturated heterocycles. The first-order valence-corrected chi connectivity index (χ1v) is 15.7. The second-order valence-corrected chi connectivity index (χ2v) is 14.8. The molecule has 0 aliphatic heterocycles. The van der Waals surface area contributed by atoms with E-state index >= 15 is 0 Å². The molecule has 0 unspecified atom stereocenters. The van der Waals surface area contributed by atoms with Gasteiger partial charge in [-0.1, -0.05) is 39.5 Å². The number of rotatable bonds is 7. The van der Waals surface area contributed by atoms with Gasteiger partial charge in [0.2, 0.25) is 5.91 Å². The number of amides is 1. The summed E-state index contributed by atoms with van der Waals surface area (Å²) >= 11 is 3.22. The van der Waals surface area contributed by atoms with Crippen LogP contribution in [0.4, 0.5) is 5.69 Å². The molecule has 1 N–H and O–H groups in total. The molecule has 0 radical (unpaired) electrons. The standard InChI is InChI=1S/C29H41N3O3S2/c1-18-5-7-19(8-6-18)26(33)32(23-17-24(29(2,3)4)37-25(23)27(34)35)21-11-13-22(14-12-21)36-28-30-15-16-31(28)20-9-10-20/h15-22H,5-14H2,1-4H3,(H,34,35). The Morgan fingerprint density at radius 3 is 2.32 bits per heavy atom. The summed E-state index contributed by atoms with van der Waals surface area (Å²) < 4.78 is 2.33. The number of aromatic carboxylic acids is 1. The Kier molecular flexibility index (Phi) is 7.79. The molecule has 0 aromatic carbocycles. The van der Waals surface area contributed by atoms with Crippen molar-refractivity contribution in [3.05, 3.63) is 28.2 Å². The van der Waals surface area contributed by atoms with Gasteiger partial charge in [-0.2, -0.15) is 0 Å². The third-order valence-electron chi connectivity index (χ3n) is 8.36. The highest BCUT2D eigenvalue weighted by Crippen LogP contribution is 2.44. The Bertz CT molecular complexity index is 1110. The van der Waals surface area contributed by atoms with Crippen molar-refractivity contribution in [2.45, 2.75) is 120 Å². The summed E-state index contributed by atoms with van der Waals surface area (Å²) in [6, 6.07) is 2.68. The zero-order valence-electron chi connectivity index (χ0n) is 22.6. The molecule has 3 aliphatic carbocycles. The largest absolute Gasteiger partial charge is 0.477 e. The average Bonchev–Trinajstić information content (AvgIpc) is 3.41. The summed E-state index contributed by atoms with van der Waals surface area (Å²) in [6.07, 6.45) is 14.3. The number of aromatic nitrogens is 2. The van der Waals surface area contributed by atoms with Crippen molar-refractivity contribution in [3.8, 4) is 0 Å². The normalized spacial score (nSPS) is 26.7. The van der Waals surface area contributed by atoms with Gasteiger partial charge in [-0.15, -0.1) is 11.3 Å². The zero-order chi connectivity index (χ0) is 26.3. The van der Waals surface area contributed by atoms with E-state index in [2.05, 4.69) is 43.4 Å². The highest BCUT2D eigenvalue weighted by Gasteiger charge is 2.38. The summed E-state index contributed by atoms with van der Waals surface area (Å²) in [4.78, 5) is 34.4. The Balaban J connectivity index is 1.38. The molecule has 3 aliphatic rings. The van der Waals surface area contributed by atoms with Crippen LogP contribution in [-0.4, -0.2) is 37.8 Å². The lowest BCUT2D eigenvalue weighted by molar-refractivity contribution is -0.124. The van der Waals surface area contributed by atoms with E-state index in [1.54, 1.807) is 0 Å². The summed E-state index contributed by atoms with van der Waals surface area (Å²) in [5.41, 5.74) is 0.464. The van der Waals surface area contributed by atoms with E-state index in [1.165, 1.54) is 24.2 Å². The Morgan fingerprint density at radius 1 is 1.05 bits per heavy atom. The van der Waals surface area contributed by atoms with Gasteiger partial charge in [0.15, 0.2) is 5.16 Å². The van der Waals surface area contributed by atoms with Crippen molar-refractivity contribution in [1.29, 1.82) is 0 Å². The van der Waals surface area contributed by atoms with Crippen molar-refractivity contribution in [3.63, 3.8) is 0 Å². The lowest BCUT2D eigenvalue weighted by atomic mass is 9.81. The van der Waals surface area contributed by atoms with E-state index in [0.717, 1.165) is 61.4 Å². The lowest BCUT2D eigenvalue weighted by Crippen LogP contribution is -2.46. The molecule has 3 fully saturated rings. The van der Waals surface area contributed by atoms with E-state index < -0.39 is 5.97 Å². The van der Waals surface area contributed by atoms with E-state index in [4.69, 9.17) is 0 Å². The predicted molar refractivity (Wildman–Crippen MR) is 151 cm³/mol. The highest BCUT2D eigenvalue weighted by atomic mass is 32.2. The fourth-order valence-electron chi connectivity index (χ4n) is 5.87. The molecule has 0 spiro atoms. The van der Waals surface area contributed by atoms with Crippen LogP contribution in [0, 0.1) is 11.8 Å². The van der Waals surface area contributed by atoms with Gasteiger partial charge in [-0.05, 0) is 81.6 Å². The SMILES string of the molecule is CC1CCC(C(=O)N(c2cc(C(C)(C)C)sc2C(=O)O)C2CCC(Sc3nccn3C3CC3)CC2)CC1. The minimum absolute atomic E-state index is 0.00560. The van der Waals surface area contributed by atoms with Crippen molar-refractivity contribution in [1.82, 2.24) is 9.55 Å². The van der Waals surface area contributed by atoms with Gasteiger partial charge in [0.05, 0.1) is 5.69 Å². The molecular formula is C29H41N3O3S2. The fraction of sp³-hybridized carbons (Fsp3) is 0.690. The smallest absolute Gasteiger partial charge is 0.348 e. The quantitative estimate of drug-likeness (QED) is 0.390. The van der Waals surface area contributed by atoms with Crippen LogP contribution in [0.5, 0.6) is 0 Å². The topological polar surface area (TPSA) is 75.4 Å². The number of hydrogen-bond donors (Lipinski definition) is 1. The molecule has 2 heterocycles. The Morgan fingerprint density at radius 2 is 1.73 bits per heavy atom. The van der Waals surface area contributed by atoms with Crippen LogP contribution in [0.1, 0.15) is 112 Å². The first kappa shape index (κ1) is 26.8. The Hall–Kier alpha value is -1.80. The maximum atomic E-state index is 14.1. The lowest BCUT2D eigenvalue weighted by Gasteiger charge is -2.39. The molecule has 37 heavy (non-hydrogen) atoms. The number of imidazole rings is 1. The Labute approximate surface area is 229 Å². The van der Waals surface area contributed by atoms with E-state index in [9.17, 15) is 14.7 Å². The zero-order valence-corrected chi connectivity index (χ0v) is 24.2. The van der Waals surface area contributed by atoms with Gasteiger partial charge < -0.3 is 14.6 Å². The number of thioether (sulfide) groups is 1. The van der Waals surface area contributed by atoms with Gasteiger partial charge in [0, 0.05) is 40.5 Å². The number of carbonyl (C=O) groups is 2. The molecule has 2 aromatic heterocycles. The summed E-state index contributed by atoms with van der Waals surface area (Å²) in [6.45, 7) is 8.59. The second-order valence-electron chi connectivity index (χ2n) is 12.4. The number of nitrogens with zero attached hydrogens (tertiary/aromatic N) is 3. The summed E-state index contributed by atoms with van der Waals surface area (Å²) in [5, 5.41) is 11.7. The van der Waals surface area contributed by atoms with Gasteiger partial charge in [-0.3, -0.25) is 4.79 Å². The van der Waals surface area contributed by atoms with Crippen molar-refractivity contribution in [2.24, 2.45) is 11.8 Å². The molecule has 202 valence electrons. The fourth-order valence-corrected chi connectivity index (χ4v) is 8.18. The van der Waals surface area contributed by atoms with Crippen molar-refractivity contribution < 1.29 is 14.7 Å². The average molecular weight is 544 g/mol. The molecule has 6 nitrogen and oxygen atoms in total. The molecule has 0 bridgehead atoms. The third kappa shape index (κ3) is 5.95.